The van der Waals surface area contributed by atoms with Crippen molar-refractivity contribution in [3.05, 3.63) is 29.9 Å². The van der Waals surface area contributed by atoms with Crippen LogP contribution in [0.3, 0.4) is 0 Å². The van der Waals surface area contributed by atoms with E-state index in [2.05, 4.69) is 37.1 Å². The van der Waals surface area contributed by atoms with Crippen LogP contribution in [0.15, 0.2) is 24.0 Å². The Morgan fingerprint density at radius 2 is 2.22 bits per heavy atom. The number of imidazole rings is 1. The molecule has 3 atom stereocenters. The molecule has 1 aliphatic rings. The Balaban J connectivity index is 1.94. The van der Waals surface area contributed by atoms with Crippen LogP contribution in [0.1, 0.15) is 51.9 Å². The highest BCUT2D eigenvalue weighted by Crippen LogP contribution is 2.35. The molecule has 128 valence electrons. The SMILES string of the molecule is CC(C)=CCCC(C)NC[C@@H]1CC(=O)N(C)[C@H]1c1nccn1C. The first-order valence-electron chi connectivity index (χ1n) is 8.49. The molecule has 5 nitrogen and oxygen atoms in total. The van der Waals surface area contributed by atoms with Crippen LogP contribution in [-0.4, -0.2) is 40.0 Å². The third-order valence-electron chi connectivity index (χ3n) is 4.70. The molecule has 1 amide bonds. The molecule has 2 rings (SSSR count). The first-order chi connectivity index (χ1) is 10.9. The van der Waals surface area contributed by atoms with Crippen LogP contribution in [0.5, 0.6) is 0 Å². The largest absolute Gasteiger partial charge is 0.336 e. The predicted molar refractivity (Wildman–Crippen MR) is 93.0 cm³/mol. The molecule has 0 saturated carbocycles. The number of hydrogen-bond acceptors (Lipinski definition) is 3. The van der Waals surface area contributed by atoms with E-state index in [4.69, 9.17) is 0 Å². The fourth-order valence-electron chi connectivity index (χ4n) is 3.26. The number of aryl methyl sites for hydroxylation is 1. The summed E-state index contributed by atoms with van der Waals surface area (Å²) in [7, 11) is 3.88. The van der Waals surface area contributed by atoms with E-state index in [1.807, 2.05) is 29.8 Å². The molecule has 0 bridgehead atoms. The molecule has 5 heteroatoms. The third-order valence-corrected chi connectivity index (χ3v) is 4.70. The highest BCUT2D eigenvalue weighted by Gasteiger charge is 2.40. The van der Waals surface area contributed by atoms with Crippen LogP contribution in [0, 0.1) is 5.92 Å². The van der Waals surface area contributed by atoms with Gasteiger partial charge in [0.25, 0.3) is 0 Å². The third kappa shape index (κ3) is 4.44. The summed E-state index contributed by atoms with van der Waals surface area (Å²) < 4.78 is 2.02. The molecule has 23 heavy (non-hydrogen) atoms. The zero-order chi connectivity index (χ0) is 17.0. The van der Waals surface area contributed by atoms with Gasteiger partial charge in [-0.2, -0.15) is 0 Å². The van der Waals surface area contributed by atoms with E-state index in [0.29, 0.717) is 12.5 Å². The highest BCUT2D eigenvalue weighted by atomic mass is 16.2. The van der Waals surface area contributed by atoms with Crippen molar-refractivity contribution in [1.82, 2.24) is 19.8 Å². The van der Waals surface area contributed by atoms with Gasteiger partial charge in [-0.05, 0) is 33.6 Å². The fraction of sp³-hybridized carbons (Fsp3) is 0.667. The summed E-state index contributed by atoms with van der Waals surface area (Å²) in [4.78, 5) is 18.5. The lowest BCUT2D eigenvalue weighted by Crippen LogP contribution is -2.34. The Hall–Kier alpha value is -1.62. The lowest BCUT2D eigenvalue weighted by Gasteiger charge is -2.25. The quantitative estimate of drug-likeness (QED) is 0.786. The zero-order valence-electron chi connectivity index (χ0n) is 15.0. The summed E-state index contributed by atoms with van der Waals surface area (Å²) >= 11 is 0. The Bertz CT molecular complexity index is 559. The number of carbonyl (C=O) groups is 1. The molecule has 1 aromatic rings. The van der Waals surface area contributed by atoms with Gasteiger partial charge >= 0.3 is 0 Å². The molecule has 0 aromatic carbocycles. The van der Waals surface area contributed by atoms with Crippen molar-refractivity contribution in [1.29, 1.82) is 0 Å². The van der Waals surface area contributed by atoms with Gasteiger partial charge in [0.05, 0.1) is 6.04 Å². The minimum Gasteiger partial charge on any atom is -0.336 e. The van der Waals surface area contributed by atoms with Gasteiger partial charge in [0.1, 0.15) is 5.82 Å². The maximum Gasteiger partial charge on any atom is 0.223 e. The molecule has 0 spiro atoms. The van der Waals surface area contributed by atoms with Gasteiger partial charge in [0.2, 0.25) is 5.91 Å². The van der Waals surface area contributed by atoms with E-state index in [1.54, 1.807) is 6.20 Å². The lowest BCUT2D eigenvalue weighted by atomic mass is 9.98. The number of likely N-dealkylation sites (tertiary alicyclic amines) is 1. The van der Waals surface area contributed by atoms with E-state index >= 15 is 0 Å². The Morgan fingerprint density at radius 3 is 2.83 bits per heavy atom. The summed E-state index contributed by atoms with van der Waals surface area (Å²) in [5.74, 6) is 1.46. The number of carbonyl (C=O) groups excluding carboxylic acids is 1. The average molecular weight is 318 g/mol. The maximum absolute atomic E-state index is 12.1. The van der Waals surface area contributed by atoms with Gasteiger partial charge in [0, 0.05) is 51.4 Å². The van der Waals surface area contributed by atoms with E-state index < -0.39 is 0 Å². The summed E-state index contributed by atoms with van der Waals surface area (Å²) in [6, 6.07) is 0.522. The second kappa shape index (κ2) is 7.77. The number of hydrogen-bond donors (Lipinski definition) is 1. The van der Waals surface area contributed by atoms with Crippen LogP contribution in [0.25, 0.3) is 0 Å². The molecule has 0 radical (unpaired) electrons. The molecule has 1 saturated heterocycles. The standard InChI is InChI=1S/C18H30N4O/c1-13(2)7-6-8-14(3)20-12-15-11-16(23)22(5)17(15)18-19-9-10-21(18)4/h7,9-10,14-15,17,20H,6,8,11-12H2,1-5H3/t14?,15-,17+/m0/s1. The molecular formula is C18H30N4O. The van der Waals surface area contributed by atoms with E-state index in [9.17, 15) is 4.79 Å². The molecular weight excluding hydrogens is 288 g/mol. The van der Waals surface area contributed by atoms with Crippen LogP contribution >= 0.6 is 0 Å². The normalized spacial score (nSPS) is 22.5. The van der Waals surface area contributed by atoms with Gasteiger partial charge in [-0.3, -0.25) is 4.79 Å². The van der Waals surface area contributed by atoms with E-state index in [0.717, 1.165) is 25.2 Å². The number of nitrogens with one attached hydrogen (secondary N) is 1. The van der Waals surface area contributed by atoms with Crippen LogP contribution in [-0.2, 0) is 11.8 Å². The molecule has 2 heterocycles. The molecule has 1 aliphatic heterocycles. The summed E-state index contributed by atoms with van der Waals surface area (Å²) in [5, 5.41) is 3.61. The number of amides is 1. The number of nitrogens with zero attached hydrogens (tertiary/aromatic N) is 3. The fourth-order valence-corrected chi connectivity index (χ4v) is 3.26. The van der Waals surface area contributed by atoms with Crippen LogP contribution < -0.4 is 5.32 Å². The second-order valence-electron chi connectivity index (χ2n) is 6.98. The number of rotatable bonds is 7. The van der Waals surface area contributed by atoms with Crippen molar-refractivity contribution < 1.29 is 4.79 Å². The van der Waals surface area contributed by atoms with Gasteiger partial charge in [-0.15, -0.1) is 0 Å². The molecule has 1 fully saturated rings. The molecule has 1 N–H and O–H groups in total. The Morgan fingerprint density at radius 1 is 1.48 bits per heavy atom. The molecule has 1 aromatic heterocycles. The molecule has 0 aliphatic carbocycles. The van der Waals surface area contributed by atoms with Crippen molar-refractivity contribution in [3.8, 4) is 0 Å². The molecule has 1 unspecified atom stereocenters. The first kappa shape index (κ1) is 17.7. The zero-order valence-corrected chi connectivity index (χ0v) is 15.0. The average Bonchev–Trinajstić information content (AvgIpc) is 3.01. The Kier molecular flexibility index (Phi) is 5.99. The number of aromatic nitrogens is 2. The van der Waals surface area contributed by atoms with Gasteiger partial charge in [-0.1, -0.05) is 11.6 Å². The second-order valence-corrected chi connectivity index (χ2v) is 6.98. The predicted octanol–water partition coefficient (Wildman–Crippen LogP) is 2.66. The summed E-state index contributed by atoms with van der Waals surface area (Å²) in [6.45, 7) is 7.34. The minimum absolute atomic E-state index is 0.0694. The van der Waals surface area contributed by atoms with Crippen LogP contribution in [0.2, 0.25) is 0 Å². The summed E-state index contributed by atoms with van der Waals surface area (Å²) in [6.07, 6.45) is 8.85. The van der Waals surface area contributed by atoms with Crippen LogP contribution in [0.4, 0.5) is 0 Å². The van der Waals surface area contributed by atoms with Crippen molar-refractivity contribution in [2.45, 2.75) is 52.1 Å². The van der Waals surface area contributed by atoms with Gasteiger partial charge in [-0.25, -0.2) is 4.98 Å². The van der Waals surface area contributed by atoms with Gasteiger partial charge < -0.3 is 14.8 Å². The van der Waals surface area contributed by atoms with Gasteiger partial charge in [0.15, 0.2) is 0 Å². The first-order valence-corrected chi connectivity index (χ1v) is 8.49. The van der Waals surface area contributed by atoms with E-state index in [-0.39, 0.29) is 17.9 Å². The minimum atomic E-state index is 0.0694. The highest BCUT2D eigenvalue weighted by molar-refractivity contribution is 5.79. The van der Waals surface area contributed by atoms with Crippen molar-refractivity contribution in [3.63, 3.8) is 0 Å². The lowest BCUT2D eigenvalue weighted by molar-refractivity contribution is -0.127. The Labute approximate surface area is 139 Å². The van der Waals surface area contributed by atoms with Crippen molar-refractivity contribution in [2.24, 2.45) is 13.0 Å². The number of allylic oxidation sites excluding steroid dienone is 2. The topological polar surface area (TPSA) is 50.2 Å². The monoisotopic (exact) mass is 318 g/mol. The smallest absolute Gasteiger partial charge is 0.223 e. The van der Waals surface area contributed by atoms with Crippen molar-refractivity contribution in [2.75, 3.05) is 13.6 Å². The van der Waals surface area contributed by atoms with E-state index in [1.165, 1.54) is 5.57 Å². The summed E-state index contributed by atoms with van der Waals surface area (Å²) in [5.41, 5.74) is 1.37. The van der Waals surface area contributed by atoms with Crippen molar-refractivity contribution >= 4 is 5.91 Å². The maximum atomic E-state index is 12.1.